The highest BCUT2D eigenvalue weighted by Gasteiger charge is 2.40. The number of benzene rings is 1. The molecular formula is C20H24Cl2N2O2. The van der Waals surface area contributed by atoms with Crippen molar-refractivity contribution in [3.63, 3.8) is 0 Å². The Kier molecular flexibility index (Phi) is 5.15. The molecule has 0 aromatic heterocycles. The van der Waals surface area contributed by atoms with Crippen molar-refractivity contribution in [3.05, 3.63) is 33.8 Å². The van der Waals surface area contributed by atoms with Crippen LogP contribution >= 0.6 is 23.2 Å². The van der Waals surface area contributed by atoms with E-state index in [4.69, 9.17) is 23.2 Å². The average Bonchev–Trinajstić information content (AvgIpc) is 3.26. The van der Waals surface area contributed by atoms with E-state index in [1.807, 2.05) is 4.90 Å². The van der Waals surface area contributed by atoms with E-state index < -0.39 is 0 Å². The van der Waals surface area contributed by atoms with Gasteiger partial charge in [0.2, 0.25) is 5.91 Å². The molecule has 1 saturated heterocycles. The van der Waals surface area contributed by atoms with E-state index in [9.17, 15) is 9.59 Å². The van der Waals surface area contributed by atoms with Crippen LogP contribution in [-0.2, 0) is 4.79 Å². The first-order chi connectivity index (χ1) is 12.5. The molecule has 3 atom stereocenters. The van der Waals surface area contributed by atoms with Gasteiger partial charge >= 0.3 is 0 Å². The number of fused-ring (bicyclic) bond motifs is 2. The third kappa shape index (κ3) is 3.46. The fraction of sp³-hybridized carbons (Fsp3) is 0.600. The van der Waals surface area contributed by atoms with Crippen LogP contribution in [0.25, 0.3) is 0 Å². The number of nitrogens with zero attached hydrogens (tertiary/aromatic N) is 2. The summed E-state index contributed by atoms with van der Waals surface area (Å²) in [4.78, 5) is 29.0. The number of piperazine rings is 1. The molecule has 0 radical (unpaired) electrons. The summed E-state index contributed by atoms with van der Waals surface area (Å²) < 4.78 is 0. The van der Waals surface area contributed by atoms with Gasteiger partial charge in [-0.05, 0) is 49.1 Å². The maximum Gasteiger partial charge on any atom is 0.255 e. The SMILES string of the molecule is O=C(C[C@H]1C[C@H]2CC[C@H]1C2)N1CCN(C(=O)c2cccc(Cl)c2Cl)CC1. The molecule has 26 heavy (non-hydrogen) atoms. The van der Waals surface area contributed by atoms with Gasteiger partial charge in [0, 0.05) is 32.6 Å². The van der Waals surface area contributed by atoms with Crippen molar-refractivity contribution in [1.29, 1.82) is 0 Å². The van der Waals surface area contributed by atoms with Crippen LogP contribution in [0, 0.1) is 17.8 Å². The monoisotopic (exact) mass is 394 g/mol. The van der Waals surface area contributed by atoms with Crippen LogP contribution in [0.15, 0.2) is 18.2 Å². The Balaban J connectivity index is 1.31. The lowest BCUT2D eigenvalue weighted by Crippen LogP contribution is -2.51. The molecule has 1 aromatic rings. The minimum absolute atomic E-state index is 0.113. The molecule has 1 aromatic carbocycles. The Morgan fingerprint density at radius 2 is 1.73 bits per heavy atom. The summed E-state index contributed by atoms with van der Waals surface area (Å²) in [6.07, 6.45) is 5.94. The molecule has 140 valence electrons. The lowest BCUT2D eigenvalue weighted by atomic mass is 9.86. The number of hydrogen-bond donors (Lipinski definition) is 0. The largest absolute Gasteiger partial charge is 0.339 e. The Hall–Kier alpha value is -1.26. The molecule has 0 N–H and O–H groups in total. The van der Waals surface area contributed by atoms with E-state index in [-0.39, 0.29) is 11.8 Å². The smallest absolute Gasteiger partial charge is 0.255 e. The Morgan fingerprint density at radius 1 is 1.00 bits per heavy atom. The lowest BCUT2D eigenvalue weighted by Gasteiger charge is -2.36. The zero-order valence-electron chi connectivity index (χ0n) is 14.8. The third-order valence-electron chi connectivity index (χ3n) is 6.42. The van der Waals surface area contributed by atoms with Gasteiger partial charge in [-0.2, -0.15) is 0 Å². The van der Waals surface area contributed by atoms with Gasteiger partial charge in [-0.1, -0.05) is 35.7 Å². The molecule has 2 amide bonds. The van der Waals surface area contributed by atoms with Gasteiger partial charge in [0.15, 0.2) is 0 Å². The van der Waals surface area contributed by atoms with Crippen LogP contribution in [0.2, 0.25) is 10.0 Å². The summed E-state index contributed by atoms with van der Waals surface area (Å²) in [6.45, 7) is 2.29. The highest BCUT2D eigenvalue weighted by atomic mass is 35.5. The van der Waals surface area contributed by atoms with Crippen LogP contribution in [0.5, 0.6) is 0 Å². The quantitative estimate of drug-likeness (QED) is 0.773. The van der Waals surface area contributed by atoms with Gasteiger partial charge in [0.05, 0.1) is 15.6 Å². The highest BCUT2D eigenvalue weighted by molar-refractivity contribution is 6.43. The van der Waals surface area contributed by atoms with E-state index in [2.05, 4.69) is 0 Å². The molecule has 0 spiro atoms. The maximum atomic E-state index is 12.7. The van der Waals surface area contributed by atoms with Crippen molar-refractivity contribution in [2.75, 3.05) is 26.2 Å². The minimum atomic E-state index is -0.113. The number of halogens is 2. The van der Waals surface area contributed by atoms with E-state index in [0.717, 1.165) is 11.8 Å². The predicted molar refractivity (Wildman–Crippen MR) is 103 cm³/mol. The molecular weight excluding hydrogens is 371 g/mol. The predicted octanol–water partition coefficient (Wildman–Crippen LogP) is 4.10. The number of rotatable bonds is 3. The van der Waals surface area contributed by atoms with Gasteiger partial charge in [-0.3, -0.25) is 9.59 Å². The Labute approximate surface area is 164 Å². The second-order valence-corrected chi connectivity index (χ2v) is 8.70. The maximum absolute atomic E-state index is 12.7. The Bertz CT molecular complexity index is 716. The van der Waals surface area contributed by atoms with E-state index in [1.54, 1.807) is 23.1 Å². The average molecular weight is 395 g/mol. The molecule has 2 bridgehead atoms. The second kappa shape index (κ2) is 7.40. The first-order valence-corrected chi connectivity index (χ1v) is 10.3. The molecule has 1 heterocycles. The molecule has 2 saturated carbocycles. The molecule has 2 aliphatic carbocycles. The fourth-order valence-electron chi connectivity index (χ4n) is 4.98. The van der Waals surface area contributed by atoms with E-state index in [1.165, 1.54) is 25.7 Å². The molecule has 4 nitrogen and oxygen atoms in total. The van der Waals surface area contributed by atoms with Crippen molar-refractivity contribution in [1.82, 2.24) is 9.80 Å². The highest BCUT2D eigenvalue weighted by Crippen LogP contribution is 2.49. The van der Waals surface area contributed by atoms with Crippen molar-refractivity contribution < 1.29 is 9.59 Å². The molecule has 0 unspecified atom stereocenters. The third-order valence-corrected chi connectivity index (χ3v) is 7.24. The molecule has 3 aliphatic rings. The van der Waals surface area contributed by atoms with Crippen LogP contribution < -0.4 is 0 Å². The van der Waals surface area contributed by atoms with Gasteiger partial charge in [0.1, 0.15) is 0 Å². The second-order valence-electron chi connectivity index (χ2n) is 7.91. The topological polar surface area (TPSA) is 40.6 Å². The number of amides is 2. The summed E-state index contributed by atoms with van der Waals surface area (Å²) in [6, 6.07) is 5.10. The molecule has 6 heteroatoms. The zero-order chi connectivity index (χ0) is 18.3. The van der Waals surface area contributed by atoms with Crippen molar-refractivity contribution >= 4 is 35.0 Å². The summed E-state index contributed by atoms with van der Waals surface area (Å²) in [5.41, 5.74) is 0.431. The minimum Gasteiger partial charge on any atom is -0.339 e. The summed E-state index contributed by atoms with van der Waals surface area (Å²) in [5, 5.41) is 0.686. The molecule has 4 rings (SSSR count). The first-order valence-electron chi connectivity index (χ1n) is 9.54. The standard InChI is InChI=1S/C20H24Cl2N2O2/c21-17-3-1-2-16(19(17)22)20(26)24-8-6-23(7-9-24)18(25)12-15-11-13-4-5-14(15)10-13/h1-3,13-15H,4-12H2/t13-,14-,15+/m0/s1. The van der Waals surface area contributed by atoms with Crippen molar-refractivity contribution in [3.8, 4) is 0 Å². The lowest BCUT2D eigenvalue weighted by molar-refractivity contribution is -0.134. The zero-order valence-corrected chi connectivity index (χ0v) is 16.3. The molecule has 1 aliphatic heterocycles. The number of carbonyl (C=O) groups excluding carboxylic acids is 2. The van der Waals surface area contributed by atoms with Gasteiger partial charge in [-0.15, -0.1) is 0 Å². The summed E-state index contributed by atoms with van der Waals surface area (Å²) in [5.74, 6) is 2.38. The summed E-state index contributed by atoms with van der Waals surface area (Å²) >= 11 is 12.2. The van der Waals surface area contributed by atoms with Crippen LogP contribution in [-0.4, -0.2) is 47.8 Å². The molecule has 3 fully saturated rings. The number of carbonyl (C=O) groups is 2. The van der Waals surface area contributed by atoms with Gasteiger partial charge < -0.3 is 9.80 Å². The fourth-order valence-corrected chi connectivity index (χ4v) is 5.36. The number of hydrogen-bond acceptors (Lipinski definition) is 2. The first kappa shape index (κ1) is 18.1. The van der Waals surface area contributed by atoms with Crippen molar-refractivity contribution in [2.45, 2.75) is 32.1 Å². The van der Waals surface area contributed by atoms with E-state index in [0.29, 0.717) is 54.1 Å². The van der Waals surface area contributed by atoms with Gasteiger partial charge in [-0.25, -0.2) is 0 Å². The normalized spacial score (nSPS) is 27.8. The van der Waals surface area contributed by atoms with Gasteiger partial charge in [0.25, 0.3) is 5.91 Å². The Morgan fingerprint density at radius 3 is 2.38 bits per heavy atom. The summed E-state index contributed by atoms with van der Waals surface area (Å²) in [7, 11) is 0. The van der Waals surface area contributed by atoms with Crippen LogP contribution in [0.1, 0.15) is 42.5 Å². The van der Waals surface area contributed by atoms with E-state index >= 15 is 0 Å². The van der Waals surface area contributed by atoms with Crippen molar-refractivity contribution in [2.24, 2.45) is 17.8 Å². The van der Waals surface area contributed by atoms with Crippen LogP contribution in [0.3, 0.4) is 0 Å². The van der Waals surface area contributed by atoms with Crippen LogP contribution in [0.4, 0.5) is 0 Å².